The molecule has 224 valence electrons. The normalized spacial score (nSPS) is 11.6. The summed E-state index contributed by atoms with van der Waals surface area (Å²) in [4.78, 5) is 21.7. The molecule has 3 aromatic carbocycles. The number of benzene rings is 3. The fraction of sp³-hybridized carbons (Fsp3) is 0.0500. The summed E-state index contributed by atoms with van der Waals surface area (Å²) < 4.78 is 12.7. The number of hydrogen-bond acceptors (Lipinski definition) is 7. The van der Waals surface area contributed by atoms with Gasteiger partial charge in [-0.3, -0.25) is 4.90 Å². The van der Waals surface area contributed by atoms with Crippen LogP contribution >= 0.6 is 0 Å². The van der Waals surface area contributed by atoms with Crippen LogP contribution < -0.4 is 4.90 Å². The van der Waals surface area contributed by atoms with Crippen LogP contribution in [0.4, 0.5) is 17.3 Å². The standard InChI is InChI=1S/C40H27N5O2/c1-24-20-22-29-27-12-6-14-31(37(27)46-39(29)41-24)33-16-8-18-35(43-33)45(26-10-4-3-5-11-26)36-19-9-17-34(44-36)32-15-7-13-28-30-23-21-25(2)42-40(30)47-38(28)32/h3-23H,1-2H3. The van der Waals surface area contributed by atoms with E-state index in [1.807, 2.05) is 105 Å². The highest BCUT2D eigenvalue weighted by Crippen LogP contribution is 2.39. The van der Waals surface area contributed by atoms with E-state index in [9.17, 15) is 0 Å². The first kappa shape index (κ1) is 27.0. The van der Waals surface area contributed by atoms with Gasteiger partial charge in [0.15, 0.2) is 0 Å². The van der Waals surface area contributed by atoms with Gasteiger partial charge in [0.05, 0.1) is 11.4 Å². The minimum absolute atomic E-state index is 0.626. The Labute approximate surface area is 269 Å². The highest BCUT2D eigenvalue weighted by atomic mass is 16.3. The minimum Gasteiger partial charge on any atom is -0.437 e. The van der Waals surface area contributed by atoms with E-state index in [1.165, 1.54) is 0 Å². The van der Waals surface area contributed by atoms with Crippen molar-refractivity contribution in [1.29, 1.82) is 0 Å². The molecular formula is C40H27N5O2. The molecule has 7 nitrogen and oxygen atoms in total. The van der Waals surface area contributed by atoms with E-state index < -0.39 is 0 Å². The Balaban J connectivity index is 1.19. The predicted octanol–water partition coefficient (Wildman–Crippen LogP) is 10.5. The molecule has 6 heterocycles. The van der Waals surface area contributed by atoms with Crippen molar-refractivity contribution >= 4 is 61.5 Å². The first-order valence-corrected chi connectivity index (χ1v) is 15.5. The molecule has 0 saturated heterocycles. The van der Waals surface area contributed by atoms with Gasteiger partial charge in [-0.05, 0) is 86.6 Å². The summed E-state index contributed by atoms with van der Waals surface area (Å²) in [6, 6.07) is 42.7. The second kappa shape index (κ2) is 10.6. The van der Waals surface area contributed by atoms with Crippen LogP contribution in [0, 0.1) is 13.8 Å². The second-order valence-electron chi connectivity index (χ2n) is 11.6. The number of furan rings is 2. The van der Waals surface area contributed by atoms with Gasteiger partial charge in [-0.25, -0.2) is 19.9 Å². The van der Waals surface area contributed by atoms with E-state index in [0.29, 0.717) is 11.4 Å². The minimum atomic E-state index is 0.626. The summed E-state index contributed by atoms with van der Waals surface area (Å²) in [6.45, 7) is 3.93. The van der Waals surface area contributed by atoms with Crippen LogP contribution in [0.25, 0.3) is 66.7 Å². The Hall–Kier alpha value is -6.34. The van der Waals surface area contributed by atoms with Gasteiger partial charge in [-0.2, -0.15) is 0 Å². The molecule has 0 radical (unpaired) electrons. The maximum absolute atomic E-state index is 6.33. The topological polar surface area (TPSA) is 81.1 Å². The maximum Gasteiger partial charge on any atom is 0.227 e. The van der Waals surface area contributed by atoms with Crippen molar-refractivity contribution in [3.8, 4) is 22.5 Å². The molecule has 6 aromatic heterocycles. The smallest absolute Gasteiger partial charge is 0.227 e. The van der Waals surface area contributed by atoms with Gasteiger partial charge >= 0.3 is 0 Å². The van der Waals surface area contributed by atoms with E-state index >= 15 is 0 Å². The molecule has 0 spiro atoms. The molecule has 0 saturated carbocycles. The number of nitrogens with zero attached hydrogens (tertiary/aromatic N) is 5. The zero-order valence-corrected chi connectivity index (χ0v) is 25.7. The van der Waals surface area contributed by atoms with Crippen LogP contribution in [0.15, 0.2) is 136 Å². The molecule has 7 heteroatoms. The SMILES string of the molecule is Cc1ccc2c(n1)oc1c(-c3cccc(N(c4ccccc4)c4cccc(-c5cccc6c5oc5nc(C)ccc56)n4)n3)cccc12. The average molecular weight is 610 g/mol. The zero-order chi connectivity index (χ0) is 31.5. The lowest BCUT2D eigenvalue weighted by Gasteiger charge is -2.24. The molecule has 47 heavy (non-hydrogen) atoms. The lowest BCUT2D eigenvalue weighted by molar-refractivity contribution is 0.653. The van der Waals surface area contributed by atoms with Crippen molar-refractivity contribution in [2.75, 3.05) is 4.90 Å². The first-order chi connectivity index (χ1) is 23.1. The fourth-order valence-electron chi connectivity index (χ4n) is 6.30. The number of aromatic nitrogens is 4. The number of hydrogen-bond donors (Lipinski definition) is 0. The van der Waals surface area contributed by atoms with Gasteiger partial charge < -0.3 is 8.83 Å². The van der Waals surface area contributed by atoms with Gasteiger partial charge in [0.25, 0.3) is 0 Å². The average Bonchev–Trinajstić information content (AvgIpc) is 3.66. The van der Waals surface area contributed by atoms with Gasteiger partial charge in [0.2, 0.25) is 11.4 Å². The van der Waals surface area contributed by atoms with E-state index in [2.05, 4.69) is 51.3 Å². The molecule has 0 bridgehead atoms. The van der Waals surface area contributed by atoms with Crippen molar-refractivity contribution in [1.82, 2.24) is 19.9 Å². The molecule has 0 aliphatic carbocycles. The molecule has 9 rings (SSSR count). The monoisotopic (exact) mass is 609 g/mol. The summed E-state index contributed by atoms with van der Waals surface area (Å²) in [5.74, 6) is 1.45. The Morgan fingerprint density at radius 1 is 0.426 bits per heavy atom. The summed E-state index contributed by atoms with van der Waals surface area (Å²) in [7, 11) is 0. The number of anilines is 3. The maximum atomic E-state index is 6.33. The molecule has 0 fully saturated rings. The number of aryl methyl sites for hydroxylation is 2. The van der Waals surface area contributed by atoms with Crippen LogP contribution in [-0.4, -0.2) is 19.9 Å². The summed E-state index contributed by atoms with van der Waals surface area (Å²) in [6.07, 6.45) is 0. The van der Waals surface area contributed by atoms with Gasteiger partial charge in [-0.1, -0.05) is 54.6 Å². The molecule has 9 aromatic rings. The Morgan fingerprint density at radius 3 is 1.43 bits per heavy atom. The second-order valence-corrected chi connectivity index (χ2v) is 11.6. The predicted molar refractivity (Wildman–Crippen MR) is 187 cm³/mol. The van der Waals surface area contributed by atoms with Crippen molar-refractivity contribution in [3.05, 3.63) is 139 Å². The quantitative estimate of drug-likeness (QED) is 0.192. The lowest BCUT2D eigenvalue weighted by atomic mass is 10.1. The first-order valence-electron chi connectivity index (χ1n) is 15.5. The summed E-state index contributed by atoms with van der Waals surface area (Å²) in [5.41, 5.74) is 8.91. The molecule has 0 aliphatic rings. The van der Waals surface area contributed by atoms with Crippen molar-refractivity contribution in [2.24, 2.45) is 0 Å². The number of fused-ring (bicyclic) bond motifs is 6. The number of rotatable bonds is 5. The highest BCUT2D eigenvalue weighted by molar-refractivity contribution is 6.09. The van der Waals surface area contributed by atoms with Crippen LogP contribution in [0.5, 0.6) is 0 Å². The van der Waals surface area contributed by atoms with Gasteiger partial charge in [0.1, 0.15) is 22.8 Å². The van der Waals surface area contributed by atoms with E-state index in [0.717, 1.165) is 83.9 Å². The Kier molecular flexibility index (Phi) is 6.11. The van der Waals surface area contributed by atoms with Crippen molar-refractivity contribution in [3.63, 3.8) is 0 Å². The van der Waals surface area contributed by atoms with E-state index in [1.54, 1.807) is 0 Å². The van der Waals surface area contributed by atoms with E-state index in [4.69, 9.17) is 18.8 Å². The molecular weight excluding hydrogens is 582 g/mol. The summed E-state index contributed by atoms with van der Waals surface area (Å²) >= 11 is 0. The van der Waals surface area contributed by atoms with Gasteiger partial charge in [0, 0.05) is 49.7 Å². The molecule has 0 unspecified atom stereocenters. The third kappa shape index (κ3) is 4.51. The Bertz CT molecular complexity index is 2460. The van der Waals surface area contributed by atoms with Crippen LogP contribution in [0.3, 0.4) is 0 Å². The lowest BCUT2D eigenvalue weighted by Crippen LogP contribution is -2.13. The molecule has 0 amide bonds. The van der Waals surface area contributed by atoms with Crippen molar-refractivity contribution in [2.45, 2.75) is 13.8 Å². The third-order valence-electron chi connectivity index (χ3n) is 8.50. The zero-order valence-electron chi connectivity index (χ0n) is 25.7. The van der Waals surface area contributed by atoms with E-state index in [-0.39, 0.29) is 0 Å². The Morgan fingerprint density at radius 2 is 0.915 bits per heavy atom. The molecule has 0 atom stereocenters. The fourth-order valence-corrected chi connectivity index (χ4v) is 6.30. The molecule has 0 N–H and O–H groups in total. The number of para-hydroxylation sites is 3. The van der Waals surface area contributed by atoms with Crippen LogP contribution in [-0.2, 0) is 0 Å². The van der Waals surface area contributed by atoms with Crippen LogP contribution in [0.2, 0.25) is 0 Å². The largest absolute Gasteiger partial charge is 0.437 e. The van der Waals surface area contributed by atoms with Crippen molar-refractivity contribution < 1.29 is 8.83 Å². The molecule has 0 aliphatic heterocycles. The summed E-state index contributed by atoms with van der Waals surface area (Å²) in [5, 5.41) is 4.00. The third-order valence-corrected chi connectivity index (χ3v) is 8.50. The van der Waals surface area contributed by atoms with Crippen LogP contribution in [0.1, 0.15) is 11.4 Å². The number of pyridine rings is 4. The highest BCUT2D eigenvalue weighted by Gasteiger charge is 2.20. The van der Waals surface area contributed by atoms with Gasteiger partial charge in [-0.15, -0.1) is 0 Å².